The second-order valence-corrected chi connectivity index (χ2v) is 34.7. The summed E-state index contributed by atoms with van der Waals surface area (Å²) in [6.07, 6.45) is 124. The standard InChI is InChI=1S/C103H174O16P2/c1-4-7-10-13-16-19-22-25-28-31-34-37-40-42-44-45-46-47-48-49-50-51-53-55-57-59-62-65-68-71-74-77-80-83-86-89-101(106)113-92-98(104)93-115-120(109,110)116-94-99(105)95-117-121(111,112)118-97-100(119-103(108)91-88-85-82-79-76-73-70-67-64-61-56-39-36-33-30-27-24-21-18-15-12-9-6-3)96-114-102(107)90-87-84-81-78-75-72-69-66-63-60-58-54-52-43-41-38-35-32-29-26-23-20-17-14-11-8-5-2/h8-9,11-12,16-21,25-30,34-39,42-44,52,58,60-61,64,98-100,104-105H,4-7,10,13-15,22-24,31-33,40-41,45-51,53-57,59,62-63,65-97H2,1-3H3,(H,109,110)(H,111,112)/b11-8-,12-9-,19-16-,20-17-,21-18-,28-25-,29-26-,30-27-,37-34-,38-35-,39-36-,44-42-,52-43-,60-58-,64-61-. The van der Waals surface area contributed by atoms with Crippen LogP contribution in [0.5, 0.6) is 0 Å². The first kappa shape index (κ1) is 116. The largest absolute Gasteiger partial charge is 0.472 e. The van der Waals surface area contributed by atoms with Gasteiger partial charge in [0, 0.05) is 19.3 Å². The summed E-state index contributed by atoms with van der Waals surface area (Å²) in [7, 11) is -9.82. The highest BCUT2D eigenvalue weighted by molar-refractivity contribution is 7.47. The van der Waals surface area contributed by atoms with E-state index >= 15 is 0 Å². The third kappa shape index (κ3) is 95.2. The van der Waals surface area contributed by atoms with E-state index in [2.05, 4.69) is 203 Å². The number of aliphatic hydroxyl groups excluding tert-OH is 2. The highest BCUT2D eigenvalue weighted by Gasteiger charge is 2.30. The molecule has 0 aromatic heterocycles. The first-order valence-corrected chi connectivity index (χ1v) is 51.1. The highest BCUT2D eigenvalue weighted by atomic mass is 31.2. The number of hydrogen-bond acceptors (Lipinski definition) is 14. The third-order valence-corrected chi connectivity index (χ3v) is 22.0. The van der Waals surface area contributed by atoms with Crippen LogP contribution in [0.25, 0.3) is 0 Å². The molecule has 16 nitrogen and oxygen atoms in total. The molecule has 0 aromatic rings. The van der Waals surface area contributed by atoms with Crippen LogP contribution in [0.4, 0.5) is 0 Å². The Morgan fingerprint density at radius 3 is 0.694 bits per heavy atom. The van der Waals surface area contributed by atoms with Gasteiger partial charge in [0.05, 0.1) is 26.4 Å². The Labute approximate surface area is 738 Å². The van der Waals surface area contributed by atoms with Gasteiger partial charge in [0.1, 0.15) is 25.4 Å². The quantitative estimate of drug-likeness (QED) is 0.0146. The minimum absolute atomic E-state index is 0.0835. The van der Waals surface area contributed by atoms with Crippen LogP contribution in [-0.4, -0.2) is 95.9 Å². The summed E-state index contributed by atoms with van der Waals surface area (Å²) in [4.78, 5) is 59.1. The average Bonchev–Trinajstić information content (AvgIpc) is 0.893. The van der Waals surface area contributed by atoms with Crippen molar-refractivity contribution in [2.24, 2.45) is 0 Å². The molecule has 0 amide bonds. The Hall–Kier alpha value is -5.35. The van der Waals surface area contributed by atoms with Gasteiger partial charge in [0.15, 0.2) is 6.10 Å². The molecule has 0 rings (SSSR count). The van der Waals surface area contributed by atoms with E-state index in [1.165, 1.54) is 135 Å². The number of unbranched alkanes of at least 4 members (excludes halogenated alkanes) is 37. The highest BCUT2D eigenvalue weighted by Crippen LogP contribution is 2.45. The van der Waals surface area contributed by atoms with Crippen LogP contribution in [0.15, 0.2) is 182 Å². The summed E-state index contributed by atoms with van der Waals surface area (Å²) in [5, 5.41) is 20.8. The topological polar surface area (TPSA) is 231 Å². The predicted molar refractivity (Wildman–Crippen MR) is 509 cm³/mol. The van der Waals surface area contributed by atoms with Crippen molar-refractivity contribution in [1.82, 2.24) is 0 Å². The van der Waals surface area contributed by atoms with Crippen molar-refractivity contribution in [3.05, 3.63) is 182 Å². The number of rotatable bonds is 90. The number of allylic oxidation sites excluding steroid dienone is 30. The smallest absolute Gasteiger partial charge is 0.463 e. The van der Waals surface area contributed by atoms with Gasteiger partial charge >= 0.3 is 33.6 Å². The van der Waals surface area contributed by atoms with E-state index in [4.69, 9.17) is 32.3 Å². The van der Waals surface area contributed by atoms with Gasteiger partial charge in [0.2, 0.25) is 0 Å². The number of carbonyl (C=O) groups is 3. The van der Waals surface area contributed by atoms with Crippen LogP contribution < -0.4 is 0 Å². The molecular weight excluding hydrogens is 1560 g/mol. The minimum atomic E-state index is -4.95. The number of hydrogen-bond donors (Lipinski definition) is 4. The molecule has 0 bridgehead atoms. The van der Waals surface area contributed by atoms with Gasteiger partial charge in [-0.05, 0) is 161 Å². The summed E-state index contributed by atoms with van der Waals surface area (Å²) in [6, 6.07) is 0. The van der Waals surface area contributed by atoms with E-state index in [0.717, 1.165) is 199 Å². The molecule has 0 fully saturated rings. The van der Waals surface area contributed by atoms with Crippen LogP contribution in [0.2, 0.25) is 0 Å². The van der Waals surface area contributed by atoms with Crippen LogP contribution >= 0.6 is 15.6 Å². The molecule has 18 heteroatoms. The molecule has 0 saturated heterocycles. The second-order valence-electron chi connectivity index (χ2n) is 31.8. The van der Waals surface area contributed by atoms with E-state index in [1.54, 1.807) is 0 Å². The molecule has 0 aliphatic carbocycles. The number of phosphoric acid groups is 2. The Bertz CT molecular complexity index is 2930. The number of phosphoric ester groups is 2. The number of aliphatic hydroxyl groups is 2. The lowest BCUT2D eigenvalue weighted by Gasteiger charge is -2.21. The van der Waals surface area contributed by atoms with E-state index in [0.29, 0.717) is 19.3 Å². The van der Waals surface area contributed by atoms with Gasteiger partial charge < -0.3 is 34.2 Å². The van der Waals surface area contributed by atoms with E-state index in [1.807, 2.05) is 0 Å². The molecule has 0 aliphatic rings. The van der Waals surface area contributed by atoms with Gasteiger partial charge in [-0.3, -0.25) is 32.5 Å². The first-order valence-electron chi connectivity index (χ1n) is 48.1. The molecule has 0 aromatic carbocycles. The van der Waals surface area contributed by atoms with Gasteiger partial charge in [-0.15, -0.1) is 0 Å². The first-order chi connectivity index (χ1) is 59.2. The maximum Gasteiger partial charge on any atom is 0.472 e. The fraction of sp³-hybridized carbons (Fsp3) is 0.680. The van der Waals surface area contributed by atoms with E-state index in [-0.39, 0.29) is 19.3 Å². The minimum Gasteiger partial charge on any atom is -0.463 e. The van der Waals surface area contributed by atoms with Crippen LogP contribution in [0.3, 0.4) is 0 Å². The molecule has 4 N–H and O–H groups in total. The molecule has 0 saturated carbocycles. The SMILES string of the molecule is CC/C=C\C/C=C\C/C=C\C/C=C\C/C=C\C/C=C\CCCCCCCCCCC(=O)OCC(COP(=O)(O)OCC(O)COP(=O)(O)OCC(O)COC(=O)CCCCCCCCCCCCCCCCCCCCC/C=C\C/C=C\C/C=C\C/C=C\CCCCC)OC(=O)CCCCCCCCC/C=C\C/C=C\C/C=C\C/C=C\C/C=C\CC. The van der Waals surface area contributed by atoms with Crippen molar-refractivity contribution < 1.29 is 75.8 Å². The summed E-state index contributed by atoms with van der Waals surface area (Å²) < 4.78 is 61.5. The van der Waals surface area contributed by atoms with Crippen LogP contribution in [0.1, 0.15) is 393 Å². The zero-order valence-corrected chi connectivity index (χ0v) is 78.2. The number of ether oxygens (including phenoxy) is 3. The van der Waals surface area contributed by atoms with Gasteiger partial charge in [-0.1, -0.05) is 396 Å². The maximum absolute atomic E-state index is 13.1. The van der Waals surface area contributed by atoms with Crippen molar-refractivity contribution in [1.29, 1.82) is 0 Å². The molecule has 5 unspecified atom stereocenters. The van der Waals surface area contributed by atoms with Crippen LogP contribution in [0, 0.1) is 0 Å². The van der Waals surface area contributed by atoms with Crippen molar-refractivity contribution in [3.8, 4) is 0 Å². The molecule has 692 valence electrons. The molecule has 0 aliphatic heterocycles. The van der Waals surface area contributed by atoms with Crippen molar-refractivity contribution in [2.75, 3.05) is 39.6 Å². The molecule has 0 spiro atoms. The lowest BCUT2D eigenvalue weighted by molar-refractivity contribution is -0.161. The van der Waals surface area contributed by atoms with E-state index < -0.39 is 91.5 Å². The van der Waals surface area contributed by atoms with Gasteiger partial charge in [0.25, 0.3) is 0 Å². The monoisotopic (exact) mass is 1730 g/mol. The van der Waals surface area contributed by atoms with Crippen molar-refractivity contribution in [2.45, 2.75) is 411 Å². The van der Waals surface area contributed by atoms with Crippen LogP contribution in [-0.2, 0) is 55.8 Å². The normalized spacial score (nSPS) is 14.5. The zero-order chi connectivity index (χ0) is 87.9. The molecular formula is C103H174O16P2. The Morgan fingerprint density at radius 2 is 0.438 bits per heavy atom. The zero-order valence-electron chi connectivity index (χ0n) is 76.4. The molecule has 0 heterocycles. The summed E-state index contributed by atoms with van der Waals surface area (Å²) in [5.41, 5.74) is 0. The summed E-state index contributed by atoms with van der Waals surface area (Å²) >= 11 is 0. The van der Waals surface area contributed by atoms with Crippen molar-refractivity contribution in [3.63, 3.8) is 0 Å². The fourth-order valence-corrected chi connectivity index (χ4v) is 14.5. The summed E-state index contributed by atoms with van der Waals surface area (Å²) in [5.74, 6) is -1.59. The third-order valence-electron chi connectivity index (χ3n) is 20.1. The van der Waals surface area contributed by atoms with E-state index in [9.17, 15) is 43.5 Å². The fourth-order valence-electron chi connectivity index (χ4n) is 12.9. The molecule has 0 radical (unpaired) electrons. The second kappa shape index (κ2) is 93.8. The van der Waals surface area contributed by atoms with Gasteiger partial charge in [-0.2, -0.15) is 0 Å². The lowest BCUT2D eigenvalue weighted by atomic mass is 10.0. The average molecular weight is 1730 g/mol. The van der Waals surface area contributed by atoms with Gasteiger partial charge in [-0.25, -0.2) is 9.13 Å². The predicted octanol–water partition coefficient (Wildman–Crippen LogP) is 30.0. The molecule has 5 atom stereocenters. The Balaban J connectivity index is 4.58. The molecule has 121 heavy (non-hydrogen) atoms. The van der Waals surface area contributed by atoms with Crippen molar-refractivity contribution >= 4 is 33.6 Å². The Kier molecular flexibility index (Phi) is 89.6. The number of esters is 3. The maximum atomic E-state index is 13.1. The number of carbonyl (C=O) groups excluding carboxylic acids is 3. The summed E-state index contributed by atoms with van der Waals surface area (Å²) in [6.45, 7) is 2.45. The lowest BCUT2D eigenvalue weighted by Crippen LogP contribution is -2.30. The Morgan fingerprint density at radius 1 is 0.240 bits per heavy atom.